The smallest absolute Gasteiger partial charge is 0.333 e. The molecule has 1 aliphatic carbocycles. The van der Waals surface area contributed by atoms with Crippen molar-refractivity contribution >= 4 is 14.2 Å². The predicted molar refractivity (Wildman–Crippen MR) is 123 cm³/mol. The van der Waals surface area contributed by atoms with Crippen molar-refractivity contribution in [1.82, 2.24) is 14.1 Å². The number of hydrogen-bond donors (Lipinski definition) is 4. The van der Waals surface area contributed by atoms with Crippen LogP contribution in [0.3, 0.4) is 0 Å². The highest BCUT2D eigenvalue weighted by Gasteiger charge is 2.44. The number of nitrogens with zero attached hydrogens (tertiary/aromatic N) is 3. The summed E-state index contributed by atoms with van der Waals surface area (Å²) in [7, 11) is -2.67. The fourth-order valence-corrected chi connectivity index (χ4v) is 4.33. The number of aryl methyl sites for hydroxylation is 1. The number of aliphatic hydroxyl groups excluding tert-OH is 2. The van der Waals surface area contributed by atoms with Gasteiger partial charge in [-0.25, -0.2) is 4.79 Å². The van der Waals surface area contributed by atoms with Crippen LogP contribution in [-0.4, -0.2) is 59.0 Å². The van der Waals surface area contributed by atoms with Crippen molar-refractivity contribution in [1.29, 1.82) is 0 Å². The minimum absolute atomic E-state index is 0.0972. The summed E-state index contributed by atoms with van der Waals surface area (Å²) in [6, 6.07) is 3.01. The Bertz CT molecular complexity index is 1220. The Balaban J connectivity index is 1.62. The van der Waals surface area contributed by atoms with Crippen molar-refractivity contribution in [2.45, 2.75) is 50.8 Å². The molecule has 4 unspecified atom stereocenters. The van der Waals surface area contributed by atoms with Gasteiger partial charge in [0.2, 0.25) is 0 Å². The van der Waals surface area contributed by atoms with Gasteiger partial charge in [0.1, 0.15) is 18.3 Å². The van der Waals surface area contributed by atoms with Crippen LogP contribution in [0.25, 0.3) is 5.57 Å². The summed E-state index contributed by atoms with van der Waals surface area (Å²) >= 11 is 0. The average molecular weight is 491 g/mol. The largest absolute Gasteiger partial charge is 0.387 e. The lowest BCUT2D eigenvalue weighted by molar-refractivity contribution is -0.0531. The van der Waals surface area contributed by atoms with Crippen LogP contribution in [-0.2, 0) is 15.8 Å². The van der Waals surface area contributed by atoms with E-state index in [9.17, 15) is 19.8 Å². The molecular weight excluding hydrogens is 465 g/mol. The fourth-order valence-electron chi connectivity index (χ4n) is 4.05. The van der Waals surface area contributed by atoms with Gasteiger partial charge < -0.3 is 29.3 Å². The van der Waals surface area contributed by atoms with Crippen molar-refractivity contribution in [2.75, 3.05) is 6.61 Å². The van der Waals surface area contributed by atoms with Gasteiger partial charge in [-0.05, 0) is 42.5 Å². The van der Waals surface area contributed by atoms with E-state index in [1.165, 1.54) is 6.20 Å². The van der Waals surface area contributed by atoms with E-state index < -0.39 is 51.0 Å². The van der Waals surface area contributed by atoms with Gasteiger partial charge in [-0.1, -0.05) is 18.2 Å². The first-order valence-electron chi connectivity index (χ1n) is 10.7. The Hall–Kier alpha value is -2.50. The number of aromatic nitrogens is 3. The predicted octanol–water partition coefficient (Wildman–Crippen LogP) is 0.342. The first-order chi connectivity index (χ1) is 16.3. The molecule has 0 saturated carbocycles. The molecule has 0 radical (unpaired) electrons. The zero-order valence-corrected chi connectivity index (χ0v) is 19.3. The van der Waals surface area contributed by atoms with Crippen molar-refractivity contribution in [3.05, 3.63) is 80.4 Å². The molecule has 2 aromatic heterocycles. The lowest BCUT2D eigenvalue weighted by Crippen LogP contribution is -2.43. The first-order valence-corrected chi connectivity index (χ1v) is 11.9. The van der Waals surface area contributed by atoms with Crippen LogP contribution in [0.15, 0.2) is 52.3 Å². The van der Waals surface area contributed by atoms with Gasteiger partial charge in [0, 0.05) is 18.5 Å². The molecule has 0 aromatic carbocycles. The molecule has 0 spiro atoms. The molecule has 4 rings (SSSR count). The number of aliphatic hydroxyl groups is 2. The van der Waals surface area contributed by atoms with E-state index in [0.717, 1.165) is 44.7 Å². The molecule has 4 N–H and O–H groups in total. The molecule has 4 atom stereocenters. The lowest BCUT2D eigenvalue weighted by Gasteiger charge is -2.19. The molecule has 0 bridgehead atoms. The second-order valence-electron chi connectivity index (χ2n) is 8.15. The van der Waals surface area contributed by atoms with Gasteiger partial charge in [0.05, 0.1) is 18.8 Å². The van der Waals surface area contributed by atoms with Gasteiger partial charge in [0.15, 0.2) is 6.23 Å². The molecule has 34 heavy (non-hydrogen) atoms. The van der Waals surface area contributed by atoms with Crippen LogP contribution in [0.2, 0.25) is 0 Å². The Labute approximate surface area is 195 Å². The number of allylic oxidation sites excluding steroid dienone is 4. The van der Waals surface area contributed by atoms with E-state index in [4.69, 9.17) is 14.5 Å². The standard InChI is InChI=1S/C22H26N3O8P/c1-13-10-23-15(9-16(13)14-5-3-2-4-6-14)11-25-18(26)7-8-24(22(25)29)21-20(28)19(27)17(33-21)12-32-34(30)31/h3,5-10,17,19-21,27-28,30-31H,2,4,11-12H2,1H3. The minimum atomic E-state index is -2.67. The third-order valence-electron chi connectivity index (χ3n) is 5.85. The highest BCUT2D eigenvalue weighted by Crippen LogP contribution is 2.32. The van der Waals surface area contributed by atoms with Crippen molar-refractivity contribution in [3.63, 3.8) is 0 Å². The Kier molecular flexibility index (Phi) is 7.54. The highest BCUT2D eigenvalue weighted by molar-refractivity contribution is 7.39. The zero-order chi connectivity index (χ0) is 24.4. The third-order valence-corrected chi connectivity index (χ3v) is 6.23. The van der Waals surface area contributed by atoms with Crippen LogP contribution < -0.4 is 11.2 Å². The van der Waals surface area contributed by atoms with Crippen LogP contribution in [0.4, 0.5) is 0 Å². The summed E-state index contributed by atoms with van der Waals surface area (Å²) in [4.78, 5) is 47.9. The minimum Gasteiger partial charge on any atom is -0.387 e. The summed E-state index contributed by atoms with van der Waals surface area (Å²) in [5.41, 5.74) is 2.20. The maximum atomic E-state index is 13.2. The third kappa shape index (κ3) is 5.11. The molecule has 1 aliphatic heterocycles. The Morgan fingerprint density at radius 2 is 2.03 bits per heavy atom. The fraction of sp³-hybridized carbons (Fsp3) is 0.409. The van der Waals surface area contributed by atoms with Gasteiger partial charge in [-0.3, -0.25) is 18.9 Å². The van der Waals surface area contributed by atoms with Crippen LogP contribution >= 0.6 is 8.60 Å². The molecule has 0 amide bonds. The van der Waals surface area contributed by atoms with Gasteiger partial charge in [-0.2, -0.15) is 0 Å². The quantitative estimate of drug-likeness (QED) is 0.401. The molecule has 2 aromatic rings. The molecule has 2 aliphatic rings. The lowest BCUT2D eigenvalue weighted by atomic mass is 9.96. The van der Waals surface area contributed by atoms with Crippen LogP contribution in [0, 0.1) is 6.92 Å². The zero-order valence-electron chi connectivity index (χ0n) is 18.4. The van der Waals surface area contributed by atoms with E-state index in [1.807, 2.05) is 19.1 Å². The maximum absolute atomic E-state index is 13.2. The molecular formula is C22H26N3O8P. The Morgan fingerprint density at radius 3 is 2.74 bits per heavy atom. The molecule has 11 nitrogen and oxygen atoms in total. The van der Waals surface area contributed by atoms with E-state index in [-0.39, 0.29) is 6.54 Å². The normalized spacial score (nSPS) is 24.6. The topological polar surface area (TPSA) is 156 Å². The molecule has 3 heterocycles. The van der Waals surface area contributed by atoms with Gasteiger partial charge in [0.25, 0.3) is 5.56 Å². The van der Waals surface area contributed by atoms with E-state index in [0.29, 0.717) is 5.69 Å². The van der Waals surface area contributed by atoms with Gasteiger partial charge >= 0.3 is 14.3 Å². The second kappa shape index (κ2) is 10.4. The van der Waals surface area contributed by atoms with Crippen molar-refractivity contribution in [2.24, 2.45) is 0 Å². The summed E-state index contributed by atoms with van der Waals surface area (Å²) in [5, 5.41) is 20.6. The van der Waals surface area contributed by atoms with E-state index in [1.54, 1.807) is 6.20 Å². The summed E-state index contributed by atoms with van der Waals surface area (Å²) in [6.45, 7) is 1.44. The number of pyridine rings is 1. The molecule has 1 saturated heterocycles. The summed E-state index contributed by atoms with van der Waals surface area (Å²) in [5.74, 6) is 0. The number of hydrogen-bond acceptors (Lipinski definition) is 9. The maximum Gasteiger partial charge on any atom is 0.333 e. The summed E-state index contributed by atoms with van der Waals surface area (Å²) < 4.78 is 12.2. The van der Waals surface area contributed by atoms with Crippen molar-refractivity contribution < 1.29 is 29.3 Å². The monoisotopic (exact) mass is 491 g/mol. The molecule has 1 fully saturated rings. The van der Waals surface area contributed by atoms with Gasteiger partial charge in [-0.15, -0.1) is 0 Å². The summed E-state index contributed by atoms with van der Waals surface area (Å²) in [6.07, 6.45) is 5.72. The number of ether oxygens (including phenoxy) is 1. The average Bonchev–Trinajstić information content (AvgIpc) is 3.10. The SMILES string of the molecule is Cc1cnc(Cn2c(=O)ccn(C3OC(COP(O)O)C(O)C3O)c2=O)cc1C1=CCCC=C1. The number of rotatable bonds is 7. The Morgan fingerprint density at radius 1 is 1.24 bits per heavy atom. The van der Waals surface area contributed by atoms with E-state index >= 15 is 0 Å². The van der Waals surface area contributed by atoms with Crippen molar-refractivity contribution in [3.8, 4) is 0 Å². The highest BCUT2D eigenvalue weighted by atomic mass is 31.2. The first kappa shape index (κ1) is 24.6. The molecule has 12 heteroatoms. The van der Waals surface area contributed by atoms with Crippen LogP contribution in [0.5, 0.6) is 0 Å². The van der Waals surface area contributed by atoms with Crippen LogP contribution in [0.1, 0.15) is 35.9 Å². The van der Waals surface area contributed by atoms with E-state index in [2.05, 4.69) is 21.7 Å². The molecule has 182 valence electrons. The second-order valence-corrected chi connectivity index (χ2v) is 8.92.